The SMILES string of the molecule is c1cc2ccc(CC3CCNCC3)cc2cn1. The van der Waals surface area contributed by atoms with Crippen LogP contribution < -0.4 is 5.32 Å². The van der Waals surface area contributed by atoms with Crippen molar-refractivity contribution in [3.05, 3.63) is 42.2 Å². The van der Waals surface area contributed by atoms with Crippen molar-refractivity contribution in [2.45, 2.75) is 19.3 Å². The van der Waals surface area contributed by atoms with E-state index in [2.05, 4.69) is 34.6 Å². The van der Waals surface area contributed by atoms with Gasteiger partial charge in [-0.1, -0.05) is 12.1 Å². The third kappa shape index (κ3) is 2.47. The molecular weight excluding hydrogens is 208 g/mol. The Hall–Kier alpha value is -1.41. The minimum atomic E-state index is 0.852. The van der Waals surface area contributed by atoms with Crippen LogP contribution in [0.4, 0.5) is 0 Å². The molecule has 17 heavy (non-hydrogen) atoms. The predicted octanol–water partition coefficient (Wildman–Crippen LogP) is 2.78. The lowest BCUT2D eigenvalue weighted by Crippen LogP contribution is -2.28. The van der Waals surface area contributed by atoms with Gasteiger partial charge < -0.3 is 5.32 Å². The van der Waals surface area contributed by atoms with E-state index in [0.717, 1.165) is 5.92 Å². The molecule has 0 saturated carbocycles. The second-order valence-electron chi connectivity index (χ2n) is 4.95. The first-order valence-electron chi connectivity index (χ1n) is 6.45. The van der Waals surface area contributed by atoms with Gasteiger partial charge in [0.15, 0.2) is 0 Å². The van der Waals surface area contributed by atoms with E-state index < -0.39 is 0 Å². The van der Waals surface area contributed by atoms with Crippen molar-refractivity contribution in [1.82, 2.24) is 10.3 Å². The van der Waals surface area contributed by atoms with Gasteiger partial charge in [-0.15, -0.1) is 0 Å². The maximum absolute atomic E-state index is 4.19. The number of piperidine rings is 1. The highest BCUT2D eigenvalue weighted by molar-refractivity contribution is 5.81. The average molecular weight is 226 g/mol. The van der Waals surface area contributed by atoms with Crippen LogP contribution in [0.2, 0.25) is 0 Å². The lowest BCUT2D eigenvalue weighted by molar-refractivity contribution is 0.373. The molecule has 1 aliphatic rings. The number of hydrogen-bond acceptors (Lipinski definition) is 2. The number of pyridine rings is 1. The zero-order chi connectivity index (χ0) is 11.5. The first kappa shape index (κ1) is 10.7. The molecule has 0 radical (unpaired) electrons. The van der Waals surface area contributed by atoms with Gasteiger partial charge in [-0.3, -0.25) is 4.98 Å². The number of aromatic nitrogens is 1. The fraction of sp³-hybridized carbons (Fsp3) is 0.400. The van der Waals surface area contributed by atoms with Gasteiger partial charge >= 0.3 is 0 Å². The Morgan fingerprint density at radius 1 is 1.12 bits per heavy atom. The van der Waals surface area contributed by atoms with Crippen molar-refractivity contribution < 1.29 is 0 Å². The molecule has 1 fully saturated rings. The lowest BCUT2D eigenvalue weighted by atomic mass is 9.90. The Bertz CT molecular complexity index is 501. The molecule has 2 heterocycles. The van der Waals surface area contributed by atoms with Crippen LogP contribution in [0.25, 0.3) is 10.8 Å². The monoisotopic (exact) mass is 226 g/mol. The van der Waals surface area contributed by atoms with Gasteiger partial charge in [0.2, 0.25) is 0 Å². The molecule has 0 atom stereocenters. The lowest BCUT2D eigenvalue weighted by Gasteiger charge is -2.22. The second-order valence-corrected chi connectivity index (χ2v) is 4.95. The third-order valence-electron chi connectivity index (χ3n) is 3.69. The van der Waals surface area contributed by atoms with Crippen molar-refractivity contribution in [1.29, 1.82) is 0 Å². The normalized spacial score (nSPS) is 17.4. The standard InChI is InChI=1S/C15H18N2/c1-2-14-5-8-17-11-15(14)10-13(1)9-12-3-6-16-7-4-12/h1-2,5,8,10-12,16H,3-4,6-7,9H2. The summed E-state index contributed by atoms with van der Waals surface area (Å²) in [5, 5.41) is 5.97. The number of nitrogens with zero attached hydrogens (tertiary/aromatic N) is 1. The third-order valence-corrected chi connectivity index (χ3v) is 3.69. The van der Waals surface area contributed by atoms with Crippen LogP contribution in [0.15, 0.2) is 36.7 Å². The first-order valence-corrected chi connectivity index (χ1v) is 6.45. The first-order chi connectivity index (χ1) is 8.42. The van der Waals surface area contributed by atoms with Crippen molar-refractivity contribution in [2.75, 3.05) is 13.1 Å². The summed E-state index contributed by atoms with van der Waals surface area (Å²) in [5.74, 6) is 0.852. The van der Waals surface area contributed by atoms with Gasteiger partial charge in [-0.05, 0) is 61.4 Å². The van der Waals surface area contributed by atoms with Crippen LogP contribution in [0.3, 0.4) is 0 Å². The molecule has 0 spiro atoms. The Labute approximate surface area is 102 Å². The van der Waals surface area contributed by atoms with Crippen LogP contribution in [0.1, 0.15) is 18.4 Å². The molecular formula is C15H18N2. The summed E-state index contributed by atoms with van der Waals surface area (Å²) in [6, 6.07) is 8.85. The fourth-order valence-electron chi connectivity index (χ4n) is 2.68. The molecule has 1 N–H and O–H groups in total. The van der Waals surface area contributed by atoms with E-state index in [1.807, 2.05) is 12.4 Å². The molecule has 0 amide bonds. The molecule has 0 unspecified atom stereocenters. The van der Waals surface area contributed by atoms with Gasteiger partial charge in [0, 0.05) is 17.8 Å². The summed E-state index contributed by atoms with van der Waals surface area (Å²) in [6.07, 6.45) is 7.65. The van der Waals surface area contributed by atoms with E-state index in [9.17, 15) is 0 Å². The van der Waals surface area contributed by atoms with Crippen LogP contribution >= 0.6 is 0 Å². The predicted molar refractivity (Wildman–Crippen MR) is 71.0 cm³/mol. The second kappa shape index (κ2) is 4.84. The molecule has 1 saturated heterocycles. The van der Waals surface area contributed by atoms with Gasteiger partial charge in [0.1, 0.15) is 0 Å². The van der Waals surface area contributed by atoms with Crippen molar-refractivity contribution in [3.8, 4) is 0 Å². The van der Waals surface area contributed by atoms with Gasteiger partial charge in [-0.25, -0.2) is 0 Å². The smallest absolute Gasteiger partial charge is 0.0346 e. The molecule has 2 nitrogen and oxygen atoms in total. The maximum Gasteiger partial charge on any atom is 0.0346 e. The van der Waals surface area contributed by atoms with Crippen molar-refractivity contribution in [2.24, 2.45) is 5.92 Å². The van der Waals surface area contributed by atoms with Crippen LogP contribution in [0.5, 0.6) is 0 Å². The summed E-state index contributed by atoms with van der Waals surface area (Å²) < 4.78 is 0. The Kier molecular flexibility index (Phi) is 3.06. The molecule has 2 heteroatoms. The van der Waals surface area contributed by atoms with E-state index in [0.29, 0.717) is 0 Å². The minimum Gasteiger partial charge on any atom is -0.317 e. The number of benzene rings is 1. The van der Waals surface area contributed by atoms with E-state index in [1.54, 1.807) is 0 Å². The quantitative estimate of drug-likeness (QED) is 0.851. The van der Waals surface area contributed by atoms with Gasteiger partial charge in [0.25, 0.3) is 0 Å². The number of fused-ring (bicyclic) bond motifs is 1. The molecule has 88 valence electrons. The summed E-state index contributed by atoms with van der Waals surface area (Å²) in [4.78, 5) is 4.19. The summed E-state index contributed by atoms with van der Waals surface area (Å²) >= 11 is 0. The van der Waals surface area contributed by atoms with Crippen LogP contribution in [-0.2, 0) is 6.42 Å². The van der Waals surface area contributed by atoms with E-state index in [4.69, 9.17) is 0 Å². The zero-order valence-corrected chi connectivity index (χ0v) is 10.0. The summed E-state index contributed by atoms with van der Waals surface area (Å²) in [5.41, 5.74) is 1.46. The maximum atomic E-state index is 4.19. The number of rotatable bonds is 2. The zero-order valence-electron chi connectivity index (χ0n) is 10.0. The van der Waals surface area contributed by atoms with Crippen molar-refractivity contribution in [3.63, 3.8) is 0 Å². The fourth-order valence-corrected chi connectivity index (χ4v) is 2.68. The summed E-state index contributed by atoms with van der Waals surface area (Å²) in [7, 11) is 0. The summed E-state index contributed by atoms with van der Waals surface area (Å²) in [6.45, 7) is 2.36. The largest absolute Gasteiger partial charge is 0.317 e. The van der Waals surface area contributed by atoms with E-state index in [1.165, 1.54) is 48.7 Å². The number of nitrogens with one attached hydrogen (secondary N) is 1. The molecule has 0 bridgehead atoms. The topological polar surface area (TPSA) is 24.9 Å². The van der Waals surface area contributed by atoms with Gasteiger partial charge in [-0.2, -0.15) is 0 Å². The highest BCUT2D eigenvalue weighted by Gasteiger charge is 2.13. The highest BCUT2D eigenvalue weighted by atomic mass is 14.9. The van der Waals surface area contributed by atoms with Gasteiger partial charge in [0.05, 0.1) is 0 Å². The minimum absolute atomic E-state index is 0.852. The molecule has 3 rings (SSSR count). The average Bonchev–Trinajstić information content (AvgIpc) is 2.40. The molecule has 2 aromatic rings. The number of hydrogen-bond donors (Lipinski definition) is 1. The Morgan fingerprint density at radius 3 is 2.88 bits per heavy atom. The molecule has 0 aliphatic carbocycles. The molecule has 1 aromatic heterocycles. The van der Waals surface area contributed by atoms with Crippen LogP contribution in [0, 0.1) is 5.92 Å². The van der Waals surface area contributed by atoms with Crippen molar-refractivity contribution >= 4 is 10.8 Å². The van der Waals surface area contributed by atoms with Crippen LogP contribution in [-0.4, -0.2) is 18.1 Å². The van der Waals surface area contributed by atoms with E-state index in [-0.39, 0.29) is 0 Å². The Balaban J connectivity index is 1.80. The highest BCUT2D eigenvalue weighted by Crippen LogP contribution is 2.21. The Morgan fingerprint density at radius 2 is 2.00 bits per heavy atom. The molecule has 1 aliphatic heterocycles. The molecule has 1 aromatic carbocycles. The van der Waals surface area contributed by atoms with E-state index >= 15 is 0 Å².